The van der Waals surface area contributed by atoms with Gasteiger partial charge in [-0.3, -0.25) is 0 Å². The lowest BCUT2D eigenvalue weighted by Gasteiger charge is -2.34. The van der Waals surface area contributed by atoms with E-state index in [1.807, 2.05) is 6.07 Å². The van der Waals surface area contributed by atoms with Gasteiger partial charge in [-0.1, -0.05) is 0 Å². The molecule has 0 aliphatic carbocycles. The Morgan fingerprint density at radius 1 is 1.38 bits per heavy atom. The summed E-state index contributed by atoms with van der Waals surface area (Å²) in [7, 11) is 0. The molecule has 1 N–H and O–H groups in total. The number of rotatable bonds is 1. The van der Waals surface area contributed by atoms with Crippen LogP contribution in [0.2, 0.25) is 0 Å². The smallest absolute Gasteiger partial charge is 0.335 e. The summed E-state index contributed by atoms with van der Waals surface area (Å²) < 4.78 is 0. The fraction of sp³-hybridized carbons (Fsp3) is 0.462. The lowest BCUT2D eigenvalue weighted by molar-refractivity contribution is 0.0697. The van der Waals surface area contributed by atoms with E-state index in [9.17, 15) is 4.79 Å². The molecule has 86 valence electrons. The van der Waals surface area contributed by atoms with Gasteiger partial charge in [0.2, 0.25) is 0 Å². The normalized spacial score (nSPS) is 15.1. The monoisotopic (exact) mass is 219 g/mol. The minimum atomic E-state index is -0.850. The van der Waals surface area contributed by atoms with E-state index < -0.39 is 5.97 Å². The molecule has 1 aliphatic heterocycles. The quantitative estimate of drug-likeness (QED) is 0.789. The fourth-order valence-electron chi connectivity index (χ4n) is 2.23. The van der Waals surface area contributed by atoms with Gasteiger partial charge >= 0.3 is 5.97 Å². The van der Waals surface area contributed by atoms with Crippen LogP contribution in [0.25, 0.3) is 0 Å². The Hall–Kier alpha value is -1.51. The van der Waals surface area contributed by atoms with Gasteiger partial charge in [-0.15, -0.1) is 0 Å². The minimum absolute atomic E-state index is 0.0932. The number of nitrogens with zero attached hydrogens (tertiary/aromatic N) is 1. The average molecular weight is 219 g/mol. The molecule has 0 radical (unpaired) electrons. The molecular formula is C13H17NO2. The molecule has 3 heteroatoms. The largest absolute Gasteiger partial charge is 0.478 e. The molecule has 0 aromatic heterocycles. The molecule has 0 saturated heterocycles. The molecule has 1 aromatic carbocycles. The molecule has 1 aromatic rings. The van der Waals surface area contributed by atoms with Crippen molar-refractivity contribution in [2.75, 3.05) is 11.4 Å². The molecule has 0 atom stereocenters. The average Bonchev–Trinajstić information content (AvgIpc) is 2.58. The summed E-state index contributed by atoms with van der Waals surface area (Å²) in [6, 6.07) is 5.41. The number of aromatic carboxylic acids is 1. The van der Waals surface area contributed by atoms with E-state index in [0.717, 1.165) is 18.5 Å². The molecule has 3 nitrogen and oxygen atoms in total. The van der Waals surface area contributed by atoms with Crippen LogP contribution in [0, 0.1) is 0 Å². The fourth-order valence-corrected chi connectivity index (χ4v) is 2.23. The molecular weight excluding hydrogens is 202 g/mol. The third-order valence-corrected chi connectivity index (χ3v) is 3.03. The van der Waals surface area contributed by atoms with Gasteiger partial charge in [0.25, 0.3) is 0 Å². The summed E-state index contributed by atoms with van der Waals surface area (Å²) >= 11 is 0. The molecule has 16 heavy (non-hydrogen) atoms. The summed E-state index contributed by atoms with van der Waals surface area (Å²) in [6.45, 7) is 7.50. The van der Waals surface area contributed by atoms with Gasteiger partial charge < -0.3 is 10.0 Å². The van der Waals surface area contributed by atoms with Gasteiger partial charge in [0.15, 0.2) is 0 Å². The van der Waals surface area contributed by atoms with Crippen molar-refractivity contribution in [2.24, 2.45) is 0 Å². The van der Waals surface area contributed by atoms with Crippen molar-refractivity contribution in [1.29, 1.82) is 0 Å². The Labute approximate surface area is 95.7 Å². The molecule has 0 unspecified atom stereocenters. The van der Waals surface area contributed by atoms with Gasteiger partial charge in [0.05, 0.1) is 5.56 Å². The van der Waals surface area contributed by atoms with E-state index in [0.29, 0.717) is 5.56 Å². The Kier molecular flexibility index (Phi) is 2.41. The number of benzene rings is 1. The number of fused-ring (bicyclic) bond motifs is 1. The lowest BCUT2D eigenvalue weighted by atomic mass is 10.0. The van der Waals surface area contributed by atoms with Crippen molar-refractivity contribution in [3.8, 4) is 0 Å². The Bertz CT molecular complexity index is 432. The molecule has 0 bridgehead atoms. The summed E-state index contributed by atoms with van der Waals surface area (Å²) in [5.41, 5.74) is 2.80. The zero-order valence-electron chi connectivity index (χ0n) is 9.95. The Morgan fingerprint density at radius 3 is 2.62 bits per heavy atom. The topological polar surface area (TPSA) is 40.5 Å². The third kappa shape index (κ3) is 1.77. The number of carboxylic acid groups (broad SMARTS) is 1. The Morgan fingerprint density at radius 2 is 2.06 bits per heavy atom. The maximum atomic E-state index is 10.9. The first-order valence-electron chi connectivity index (χ1n) is 5.53. The molecule has 0 saturated carbocycles. The lowest BCUT2D eigenvalue weighted by Crippen LogP contribution is -2.40. The first-order chi connectivity index (χ1) is 7.39. The molecule has 0 amide bonds. The molecule has 2 rings (SSSR count). The second-order valence-corrected chi connectivity index (χ2v) is 5.22. The van der Waals surface area contributed by atoms with Crippen molar-refractivity contribution in [3.63, 3.8) is 0 Å². The predicted molar refractivity (Wildman–Crippen MR) is 64.2 cm³/mol. The van der Waals surface area contributed by atoms with Crippen LogP contribution in [-0.2, 0) is 6.42 Å². The second-order valence-electron chi connectivity index (χ2n) is 5.22. The van der Waals surface area contributed by atoms with Crippen LogP contribution in [0.3, 0.4) is 0 Å². The van der Waals surface area contributed by atoms with Crippen molar-refractivity contribution in [1.82, 2.24) is 0 Å². The van der Waals surface area contributed by atoms with E-state index in [1.165, 1.54) is 5.69 Å². The van der Waals surface area contributed by atoms with Crippen molar-refractivity contribution in [2.45, 2.75) is 32.7 Å². The zero-order valence-corrected chi connectivity index (χ0v) is 9.95. The SMILES string of the molecule is CC(C)(C)N1CCc2cc(C(=O)O)ccc21. The van der Waals surface area contributed by atoms with Crippen LogP contribution in [0.4, 0.5) is 5.69 Å². The maximum absolute atomic E-state index is 10.9. The van der Waals surface area contributed by atoms with Crippen LogP contribution in [0.15, 0.2) is 18.2 Å². The number of anilines is 1. The van der Waals surface area contributed by atoms with Crippen LogP contribution < -0.4 is 4.90 Å². The zero-order chi connectivity index (χ0) is 11.9. The molecule has 1 aliphatic rings. The Balaban J connectivity index is 2.40. The number of carboxylic acids is 1. The summed E-state index contributed by atoms with van der Waals surface area (Å²) in [4.78, 5) is 13.2. The van der Waals surface area contributed by atoms with Gasteiger partial charge in [-0.25, -0.2) is 4.79 Å². The number of carbonyl (C=O) groups is 1. The summed E-state index contributed by atoms with van der Waals surface area (Å²) in [6.07, 6.45) is 0.938. The van der Waals surface area contributed by atoms with E-state index in [4.69, 9.17) is 5.11 Å². The third-order valence-electron chi connectivity index (χ3n) is 3.03. The standard InChI is InChI=1S/C13H17NO2/c1-13(2,3)14-7-6-9-8-10(12(15)16)4-5-11(9)14/h4-5,8H,6-7H2,1-3H3,(H,15,16). The van der Waals surface area contributed by atoms with Crippen molar-refractivity contribution >= 4 is 11.7 Å². The highest BCUT2D eigenvalue weighted by Crippen LogP contribution is 2.33. The first kappa shape index (κ1) is 11.0. The molecule has 0 fully saturated rings. The summed E-state index contributed by atoms with van der Waals surface area (Å²) in [5.74, 6) is -0.850. The molecule has 0 spiro atoms. The van der Waals surface area contributed by atoms with Crippen LogP contribution >= 0.6 is 0 Å². The maximum Gasteiger partial charge on any atom is 0.335 e. The van der Waals surface area contributed by atoms with Gasteiger partial charge in [-0.2, -0.15) is 0 Å². The summed E-state index contributed by atoms with van der Waals surface area (Å²) in [5, 5.41) is 8.93. The van der Waals surface area contributed by atoms with Crippen LogP contribution in [0.5, 0.6) is 0 Å². The van der Waals surface area contributed by atoms with Crippen LogP contribution in [0.1, 0.15) is 36.7 Å². The van der Waals surface area contributed by atoms with Crippen LogP contribution in [-0.4, -0.2) is 23.2 Å². The second kappa shape index (κ2) is 3.51. The highest BCUT2D eigenvalue weighted by atomic mass is 16.4. The number of hydrogen-bond acceptors (Lipinski definition) is 2. The molecule has 1 heterocycles. The van der Waals surface area contributed by atoms with E-state index >= 15 is 0 Å². The van der Waals surface area contributed by atoms with Crippen molar-refractivity contribution in [3.05, 3.63) is 29.3 Å². The van der Waals surface area contributed by atoms with Gasteiger partial charge in [-0.05, 0) is 51.0 Å². The van der Waals surface area contributed by atoms with E-state index in [-0.39, 0.29) is 5.54 Å². The first-order valence-corrected chi connectivity index (χ1v) is 5.53. The van der Waals surface area contributed by atoms with Gasteiger partial charge in [0, 0.05) is 17.8 Å². The minimum Gasteiger partial charge on any atom is -0.478 e. The van der Waals surface area contributed by atoms with E-state index in [2.05, 4.69) is 25.7 Å². The van der Waals surface area contributed by atoms with Crippen molar-refractivity contribution < 1.29 is 9.90 Å². The van der Waals surface area contributed by atoms with Gasteiger partial charge in [0.1, 0.15) is 0 Å². The number of hydrogen-bond donors (Lipinski definition) is 1. The highest BCUT2D eigenvalue weighted by molar-refractivity contribution is 5.88. The van der Waals surface area contributed by atoms with E-state index in [1.54, 1.807) is 12.1 Å². The highest BCUT2D eigenvalue weighted by Gasteiger charge is 2.28. The predicted octanol–water partition coefficient (Wildman–Crippen LogP) is 2.55.